The molecule has 3 aromatic rings. The summed E-state index contributed by atoms with van der Waals surface area (Å²) in [6, 6.07) is 32.6. The first-order valence-corrected chi connectivity index (χ1v) is 9.25. The van der Waals surface area contributed by atoms with Crippen molar-refractivity contribution in [2.24, 2.45) is 0 Å². The Labute approximate surface area is 152 Å². The molecule has 1 unspecified atom stereocenters. The first kappa shape index (κ1) is 17.5. The van der Waals surface area contributed by atoms with Crippen molar-refractivity contribution in [2.45, 2.75) is 37.5 Å². The monoisotopic (exact) mass is 327 g/mol. The molecule has 0 N–H and O–H groups in total. The number of rotatable bonds is 8. The van der Waals surface area contributed by atoms with Gasteiger partial charge in [0.15, 0.2) is 0 Å². The van der Waals surface area contributed by atoms with Gasteiger partial charge >= 0.3 is 0 Å². The molecule has 0 heterocycles. The lowest BCUT2D eigenvalue weighted by Gasteiger charge is -2.34. The van der Waals surface area contributed by atoms with Crippen molar-refractivity contribution in [3.05, 3.63) is 115 Å². The molecule has 0 aliphatic rings. The third-order valence-corrected chi connectivity index (χ3v) is 5.21. The molecule has 0 heteroatoms. The van der Waals surface area contributed by atoms with Gasteiger partial charge in [-0.1, -0.05) is 97.9 Å². The van der Waals surface area contributed by atoms with Crippen LogP contribution in [0, 0.1) is 6.92 Å². The van der Waals surface area contributed by atoms with Crippen LogP contribution in [0.25, 0.3) is 0 Å². The summed E-state index contributed by atoms with van der Waals surface area (Å²) in [5.74, 6) is 0. The zero-order chi connectivity index (χ0) is 17.4. The molecule has 3 rings (SSSR count). The quantitative estimate of drug-likeness (QED) is 0.448. The Morgan fingerprint density at radius 1 is 0.640 bits per heavy atom. The SMILES string of the molecule is [CH2]CC(CCCc1ccccc1)(Cc1ccccc1)c1ccccc1. The maximum atomic E-state index is 4.36. The van der Waals surface area contributed by atoms with E-state index in [9.17, 15) is 0 Å². The van der Waals surface area contributed by atoms with Crippen LogP contribution in [-0.2, 0) is 18.3 Å². The van der Waals surface area contributed by atoms with E-state index < -0.39 is 0 Å². The highest BCUT2D eigenvalue weighted by Gasteiger charge is 2.30. The second-order valence-corrected chi connectivity index (χ2v) is 6.90. The van der Waals surface area contributed by atoms with Crippen LogP contribution in [0.3, 0.4) is 0 Å². The summed E-state index contributed by atoms with van der Waals surface area (Å²) >= 11 is 0. The topological polar surface area (TPSA) is 0 Å². The van der Waals surface area contributed by atoms with E-state index in [1.807, 2.05) is 0 Å². The van der Waals surface area contributed by atoms with E-state index in [2.05, 4.69) is 97.9 Å². The third-order valence-electron chi connectivity index (χ3n) is 5.21. The fourth-order valence-corrected chi connectivity index (χ4v) is 3.75. The van der Waals surface area contributed by atoms with Crippen molar-refractivity contribution < 1.29 is 0 Å². The molecule has 0 saturated carbocycles. The fourth-order valence-electron chi connectivity index (χ4n) is 3.75. The molecule has 0 aliphatic carbocycles. The van der Waals surface area contributed by atoms with Gasteiger partial charge in [0.25, 0.3) is 0 Å². The Balaban J connectivity index is 1.80. The maximum absolute atomic E-state index is 4.36. The fraction of sp³-hybridized carbons (Fsp3) is 0.240. The van der Waals surface area contributed by atoms with E-state index >= 15 is 0 Å². The predicted molar refractivity (Wildman–Crippen MR) is 108 cm³/mol. The van der Waals surface area contributed by atoms with Crippen molar-refractivity contribution in [1.29, 1.82) is 0 Å². The van der Waals surface area contributed by atoms with Gasteiger partial charge in [-0.3, -0.25) is 0 Å². The van der Waals surface area contributed by atoms with E-state index in [0.29, 0.717) is 0 Å². The van der Waals surface area contributed by atoms with Gasteiger partial charge in [-0.2, -0.15) is 0 Å². The van der Waals surface area contributed by atoms with E-state index in [4.69, 9.17) is 0 Å². The molecule has 127 valence electrons. The van der Waals surface area contributed by atoms with Crippen LogP contribution in [0.2, 0.25) is 0 Å². The van der Waals surface area contributed by atoms with Gasteiger partial charge in [-0.05, 0) is 54.2 Å². The summed E-state index contributed by atoms with van der Waals surface area (Å²) in [5.41, 5.74) is 4.35. The largest absolute Gasteiger partial charge is 0.0622 e. The average molecular weight is 327 g/mol. The van der Waals surface area contributed by atoms with Gasteiger partial charge in [0.2, 0.25) is 0 Å². The molecular weight excluding hydrogens is 300 g/mol. The van der Waals surface area contributed by atoms with E-state index in [1.54, 1.807) is 0 Å². The Morgan fingerprint density at radius 3 is 1.72 bits per heavy atom. The Hall–Kier alpha value is -2.34. The molecule has 3 aromatic carbocycles. The standard InChI is InChI=1S/C25H27/c1-2-25(24-18-10-5-11-19-24,21-23-15-8-4-9-16-23)20-12-17-22-13-6-3-7-14-22/h3-11,13-16,18-19H,1-2,12,17,20-21H2. The predicted octanol–water partition coefficient (Wildman–Crippen LogP) is 6.41. The van der Waals surface area contributed by atoms with Gasteiger partial charge in [0, 0.05) is 0 Å². The molecule has 0 bridgehead atoms. The van der Waals surface area contributed by atoms with Gasteiger partial charge in [0.1, 0.15) is 0 Å². The summed E-state index contributed by atoms with van der Waals surface area (Å²) in [4.78, 5) is 0. The number of hydrogen-bond acceptors (Lipinski definition) is 0. The normalized spacial score (nSPS) is 13.3. The van der Waals surface area contributed by atoms with E-state index in [0.717, 1.165) is 25.7 Å². The highest BCUT2D eigenvalue weighted by atomic mass is 14.3. The maximum Gasteiger partial charge on any atom is -0.000654 e. The zero-order valence-corrected chi connectivity index (χ0v) is 14.9. The minimum absolute atomic E-state index is 0.109. The molecule has 0 spiro atoms. The lowest BCUT2D eigenvalue weighted by molar-refractivity contribution is 0.380. The first-order chi connectivity index (χ1) is 12.3. The number of hydrogen-bond donors (Lipinski definition) is 0. The molecule has 0 fully saturated rings. The third kappa shape index (κ3) is 4.60. The van der Waals surface area contributed by atoms with Crippen molar-refractivity contribution in [3.8, 4) is 0 Å². The smallest absolute Gasteiger partial charge is 0.000654 e. The second-order valence-electron chi connectivity index (χ2n) is 6.90. The molecule has 0 nitrogen and oxygen atoms in total. The van der Waals surface area contributed by atoms with E-state index in [-0.39, 0.29) is 5.41 Å². The van der Waals surface area contributed by atoms with Gasteiger partial charge in [-0.15, -0.1) is 0 Å². The van der Waals surface area contributed by atoms with Crippen LogP contribution in [0.5, 0.6) is 0 Å². The zero-order valence-electron chi connectivity index (χ0n) is 14.9. The minimum atomic E-state index is 0.109. The molecule has 1 radical (unpaired) electrons. The van der Waals surface area contributed by atoms with Crippen molar-refractivity contribution >= 4 is 0 Å². The Bertz CT molecular complexity index is 731. The lowest BCUT2D eigenvalue weighted by atomic mass is 9.70. The van der Waals surface area contributed by atoms with Crippen LogP contribution in [0.1, 0.15) is 36.0 Å². The highest BCUT2D eigenvalue weighted by Crippen LogP contribution is 2.37. The van der Waals surface area contributed by atoms with Gasteiger partial charge in [-0.25, -0.2) is 0 Å². The summed E-state index contributed by atoms with van der Waals surface area (Å²) in [7, 11) is 0. The van der Waals surface area contributed by atoms with Gasteiger partial charge in [0.05, 0.1) is 0 Å². The molecule has 0 aliphatic heterocycles. The number of aryl methyl sites for hydroxylation is 1. The molecule has 0 amide bonds. The molecule has 1 atom stereocenters. The Kier molecular flexibility index (Phi) is 6.06. The van der Waals surface area contributed by atoms with E-state index in [1.165, 1.54) is 23.1 Å². The lowest BCUT2D eigenvalue weighted by Crippen LogP contribution is -2.28. The average Bonchev–Trinajstić information content (AvgIpc) is 2.69. The van der Waals surface area contributed by atoms with Crippen LogP contribution >= 0.6 is 0 Å². The molecule has 25 heavy (non-hydrogen) atoms. The van der Waals surface area contributed by atoms with Crippen molar-refractivity contribution in [2.75, 3.05) is 0 Å². The highest BCUT2D eigenvalue weighted by molar-refractivity contribution is 5.30. The van der Waals surface area contributed by atoms with Crippen LogP contribution in [-0.4, -0.2) is 0 Å². The Morgan fingerprint density at radius 2 is 1.16 bits per heavy atom. The van der Waals surface area contributed by atoms with Crippen molar-refractivity contribution in [1.82, 2.24) is 0 Å². The number of benzene rings is 3. The van der Waals surface area contributed by atoms with Crippen LogP contribution in [0.4, 0.5) is 0 Å². The molecule has 0 aromatic heterocycles. The second kappa shape index (κ2) is 8.67. The van der Waals surface area contributed by atoms with Crippen molar-refractivity contribution in [3.63, 3.8) is 0 Å². The summed E-state index contributed by atoms with van der Waals surface area (Å²) in [6.07, 6.45) is 5.44. The molecule has 0 saturated heterocycles. The van der Waals surface area contributed by atoms with Crippen LogP contribution in [0.15, 0.2) is 91.0 Å². The first-order valence-electron chi connectivity index (χ1n) is 9.25. The van der Waals surface area contributed by atoms with Gasteiger partial charge < -0.3 is 0 Å². The summed E-state index contributed by atoms with van der Waals surface area (Å²) in [6.45, 7) is 4.36. The summed E-state index contributed by atoms with van der Waals surface area (Å²) in [5, 5.41) is 0. The minimum Gasteiger partial charge on any atom is -0.0622 e. The van der Waals surface area contributed by atoms with Crippen LogP contribution < -0.4 is 0 Å². The molecular formula is C25H27. The summed E-state index contributed by atoms with van der Waals surface area (Å²) < 4.78 is 0.